The number of hydrogen-bond donors (Lipinski definition) is 1. The lowest BCUT2D eigenvalue weighted by atomic mass is 9.90. The third-order valence-corrected chi connectivity index (χ3v) is 5.11. The van der Waals surface area contributed by atoms with Gasteiger partial charge in [-0.15, -0.1) is 0 Å². The van der Waals surface area contributed by atoms with Crippen LogP contribution in [0.15, 0.2) is 42.5 Å². The van der Waals surface area contributed by atoms with E-state index in [1.165, 1.54) is 11.8 Å². The summed E-state index contributed by atoms with van der Waals surface area (Å²) in [6.45, 7) is 8.20. The molecule has 0 saturated carbocycles. The molecular weight excluding hydrogens is 354 g/mol. The van der Waals surface area contributed by atoms with Gasteiger partial charge in [0.15, 0.2) is 5.60 Å². The maximum Gasteiger partial charge on any atom is 0.264 e. The van der Waals surface area contributed by atoms with E-state index in [4.69, 9.17) is 4.74 Å². The summed E-state index contributed by atoms with van der Waals surface area (Å²) < 4.78 is 6.01. The molecule has 0 fully saturated rings. The van der Waals surface area contributed by atoms with Crippen LogP contribution in [0.1, 0.15) is 49.8 Å². The van der Waals surface area contributed by atoms with Crippen LogP contribution in [0.25, 0.3) is 0 Å². The molecular formula is C23H27NO4. The molecule has 0 bridgehead atoms. The Morgan fingerprint density at radius 1 is 1.21 bits per heavy atom. The van der Waals surface area contributed by atoms with Gasteiger partial charge in [0.25, 0.3) is 5.91 Å². The van der Waals surface area contributed by atoms with E-state index in [1.807, 2.05) is 19.1 Å². The van der Waals surface area contributed by atoms with Crippen molar-refractivity contribution in [3.8, 4) is 5.75 Å². The lowest BCUT2D eigenvalue weighted by Gasteiger charge is -2.22. The second-order valence-corrected chi connectivity index (χ2v) is 7.76. The van der Waals surface area contributed by atoms with Crippen molar-refractivity contribution in [2.75, 3.05) is 18.1 Å². The molecule has 1 N–H and O–H groups in total. The van der Waals surface area contributed by atoms with Gasteiger partial charge < -0.3 is 14.7 Å². The normalized spacial score (nSPS) is 18.5. The first-order valence-electron chi connectivity index (χ1n) is 9.60. The van der Waals surface area contributed by atoms with Crippen LogP contribution in [0.3, 0.4) is 0 Å². The molecule has 5 nitrogen and oxygen atoms in total. The van der Waals surface area contributed by atoms with Gasteiger partial charge in [0.05, 0.1) is 12.2 Å². The summed E-state index contributed by atoms with van der Waals surface area (Å²) in [5, 5.41) is 11.0. The molecule has 2 aromatic carbocycles. The minimum absolute atomic E-state index is 0.227. The van der Waals surface area contributed by atoms with Gasteiger partial charge in [0, 0.05) is 12.0 Å². The summed E-state index contributed by atoms with van der Waals surface area (Å²) in [6, 6.07) is 13.2. The van der Waals surface area contributed by atoms with E-state index < -0.39 is 11.5 Å². The average molecular weight is 381 g/mol. The number of anilines is 1. The van der Waals surface area contributed by atoms with Crippen LogP contribution >= 0.6 is 0 Å². The number of aliphatic hydroxyl groups is 1. The highest BCUT2D eigenvalue weighted by Crippen LogP contribution is 2.42. The van der Waals surface area contributed by atoms with Gasteiger partial charge in [-0.05, 0) is 43.0 Å². The number of ketones is 1. The Balaban J connectivity index is 1.80. The Hall–Kier alpha value is -2.66. The number of Topliss-reactive ketones (excluding diaryl/α,β-unsaturated/α-hetero) is 1. The van der Waals surface area contributed by atoms with E-state index in [2.05, 4.69) is 26.0 Å². The van der Waals surface area contributed by atoms with Crippen LogP contribution in [0.2, 0.25) is 0 Å². The lowest BCUT2D eigenvalue weighted by molar-refractivity contribution is -0.141. The fourth-order valence-corrected chi connectivity index (χ4v) is 3.75. The molecule has 0 aliphatic carbocycles. The molecule has 1 amide bonds. The molecule has 5 heteroatoms. The van der Waals surface area contributed by atoms with E-state index >= 15 is 0 Å². The quantitative estimate of drug-likeness (QED) is 0.794. The maximum absolute atomic E-state index is 13.0. The zero-order valence-electron chi connectivity index (χ0n) is 16.9. The smallest absolute Gasteiger partial charge is 0.264 e. The third-order valence-electron chi connectivity index (χ3n) is 5.11. The monoisotopic (exact) mass is 381 g/mol. The lowest BCUT2D eigenvalue weighted by Crippen LogP contribution is -2.43. The second kappa shape index (κ2) is 7.76. The number of benzene rings is 2. The average Bonchev–Trinajstić information content (AvgIpc) is 2.83. The van der Waals surface area contributed by atoms with Crippen LogP contribution in [-0.2, 0) is 15.2 Å². The van der Waals surface area contributed by atoms with Gasteiger partial charge >= 0.3 is 0 Å². The summed E-state index contributed by atoms with van der Waals surface area (Å²) in [7, 11) is 0. The zero-order valence-corrected chi connectivity index (χ0v) is 16.9. The summed E-state index contributed by atoms with van der Waals surface area (Å²) in [5.74, 6) is 0.435. The Morgan fingerprint density at radius 2 is 1.93 bits per heavy atom. The molecule has 0 aromatic heterocycles. The first-order chi connectivity index (χ1) is 13.2. The molecule has 3 rings (SSSR count). The van der Waals surface area contributed by atoms with E-state index in [0.29, 0.717) is 30.3 Å². The number of rotatable bonds is 7. The Morgan fingerprint density at radius 3 is 2.61 bits per heavy atom. The fourth-order valence-electron chi connectivity index (χ4n) is 3.75. The standard InChI is InChI=1S/C23H27NO4/c1-15(2)18-10-9-16(3)13-21(18)28-12-11-24-20-8-6-5-7-19(20)23(27,22(24)26)14-17(4)25/h5-10,13,15,27H,11-12,14H2,1-4H3/t23-/m1/s1. The largest absolute Gasteiger partial charge is 0.491 e. The van der Waals surface area contributed by atoms with E-state index in [9.17, 15) is 14.7 Å². The van der Waals surface area contributed by atoms with Crippen molar-refractivity contribution >= 4 is 17.4 Å². The molecule has 1 aliphatic rings. The summed E-state index contributed by atoms with van der Waals surface area (Å²) in [5.41, 5.74) is 1.54. The van der Waals surface area contributed by atoms with Crippen molar-refractivity contribution < 1.29 is 19.4 Å². The number of aryl methyl sites for hydroxylation is 1. The van der Waals surface area contributed by atoms with Gasteiger partial charge in [-0.1, -0.05) is 44.2 Å². The van der Waals surface area contributed by atoms with Crippen molar-refractivity contribution in [2.24, 2.45) is 0 Å². The molecule has 2 aromatic rings. The predicted molar refractivity (Wildman–Crippen MR) is 109 cm³/mol. The third kappa shape index (κ3) is 3.67. The first kappa shape index (κ1) is 20.1. The van der Waals surface area contributed by atoms with Crippen molar-refractivity contribution in [2.45, 2.75) is 45.6 Å². The van der Waals surface area contributed by atoms with Crippen molar-refractivity contribution in [3.05, 3.63) is 59.2 Å². The van der Waals surface area contributed by atoms with Crippen molar-refractivity contribution in [3.63, 3.8) is 0 Å². The highest BCUT2D eigenvalue weighted by atomic mass is 16.5. The Bertz CT molecular complexity index is 905. The molecule has 1 aliphatic heterocycles. The Labute approximate surface area is 165 Å². The number of ether oxygens (including phenoxy) is 1. The summed E-state index contributed by atoms with van der Waals surface area (Å²) >= 11 is 0. The van der Waals surface area contributed by atoms with E-state index in [1.54, 1.807) is 18.2 Å². The highest BCUT2D eigenvalue weighted by molar-refractivity contribution is 6.08. The van der Waals surface area contributed by atoms with Crippen LogP contribution in [-0.4, -0.2) is 29.9 Å². The maximum atomic E-state index is 13.0. The number of carbonyl (C=O) groups excluding carboxylic acids is 2. The topological polar surface area (TPSA) is 66.8 Å². The fraction of sp³-hybridized carbons (Fsp3) is 0.391. The van der Waals surface area contributed by atoms with Crippen LogP contribution in [0, 0.1) is 6.92 Å². The van der Waals surface area contributed by atoms with E-state index in [0.717, 1.165) is 16.9 Å². The molecule has 0 unspecified atom stereocenters. The number of hydrogen-bond acceptors (Lipinski definition) is 4. The van der Waals surface area contributed by atoms with Crippen LogP contribution in [0.5, 0.6) is 5.75 Å². The molecule has 148 valence electrons. The zero-order chi connectivity index (χ0) is 20.5. The van der Waals surface area contributed by atoms with Crippen molar-refractivity contribution in [1.82, 2.24) is 0 Å². The number of nitrogens with zero attached hydrogens (tertiary/aromatic N) is 1. The molecule has 0 saturated heterocycles. The molecule has 0 radical (unpaired) electrons. The second-order valence-electron chi connectivity index (χ2n) is 7.76. The SMILES string of the molecule is CC(=O)C[C@]1(O)C(=O)N(CCOc2cc(C)ccc2C(C)C)c2ccccc21. The van der Waals surface area contributed by atoms with Crippen LogP contribution in [0.4, 0.5) is 5.69 Å². The van der Waals surface area contributed by atoms with Crippen LogP contribution < -0.4 is 9.64 Å². The van der Waals surface area contributed by atoms with Gasteiger partial charge in [-0.3, -0.25) is 9.59 Å². The minimum atomic E-state index is -1.80. The number of para-hydroxylation sites is 1. The van der Waals surface area contributed by atoms with Gasteiger partial charge in [0.1, 0.15) is 18.1 Å². The molecule has 1 heterocycles. The summed E-state index contributed by atoms with van der Waals surface area (Å²) in [4.78, 5) is 26.1. The van der Waals surface area contributed by atoms with Gasteiger partial charge in [-0.2, -0.15) is 0 Å². The molecule has 1 atom stereocenters. The predicted octanol–water partition coefficient (Wildman–Crippen LogP) is 3.71. The minimum Gasteiger partial charge on any atom is -0.491 e. The first-order valence-corrected chi connectivity index (χ1v) is 9.60. The van der Waals surface area contributed by atoms with Gasteiger partial charge in [-0.25, -0.2) is 0 Å². The molecule has 28 heavy (non-hydrogen) atoms. The van der Waals surface area contributed by atoms with E-state index in [-0.39, 0.29) is 12.2 Å². The van der Waals surface area contributed by atoms with Gasteiger partial charge in [0.2, 0.25) is 0 Å². The van der Waals surface area contributed by atoms with Crippen molar-refractivity contribution in [1.29, 1.82) is 0 Å². The number of fused-ring (bicyclic) bond motifs is 1. The summed E-state index contributed by atoms with van der Waals surface area (Å²) in [6.07, 6.45) is -0.227. The number of carbonyl (C=O) groups is 2. The number of amides is 1. The Kier molecular flexibility index (Phi) is 5.57. The molecule has 0 spiro atoms. The highest BCUT2D eigenvalue weighted by Gasteiger charge is 2.50.